The number of nitrogens with one attached hydrogen (secondary N) is 3. The van der Waals surface area contributed by atoms with Crippen LogP contribution in [-0.2, 0) is 28.8 Å². The van der Waals surface area contributed by atoms with Gasteiger partial charge < -0.3 is 42.1 Å². The zero-order valence-electron chi connectivity index (χ0n) is 16.3. The maximum atomic E-state index is 12.3. The number of hydrogen-bond donors (Lipinski definition) is 8. The van der Waals surface area contributed by atoms with Crippen molar-refractivity contribution < 1.29 is 49.2 Å². The quantitative estimate of drug-likeness (QED) is 0.142. The maximum absolute atomic E-state index is 12.3. The summed E-state index contributed by atoms with van der Waals surface area (Å²) in [6.45, 7) is 2.47. The molecule has 5 unspecified atom stereocenters. The van der Waals surface area contributed by atoms with Crippen LogP contribution in [0.5, 0.6) is 0 Å². The Morgan fingerprint density at radius 3 is 1.77 bits per heavy atom. The average Bonchev–Trinajstić information content (AvgIpc) is 2.62. The van der Waals surface area contributed by atoms with E-state index in [4.69, 9.17) is 21.1 Å². The third kappa shape index (κ3) is 9.79. The third-order valence-corrected chi connectivity index (χ3v) is 3.85. The highest BCUT2D eigenvalue weighted by Gasteiger charge is 2.30. The molecule has 14 heteroatoms. The molecular formula is C16H26N4O10. The summed E-state index contributed by atoms with van der Waals surface area (Å²) >= 11 is 0. The molecule has 0 fully saturated rings. The van der Waals surface area contributed by atoms with Crippen molar-refractivity contribution in [1.29, 1.82) is 0 Å². The number of aliphatic carboxylic acids is 3. The molecule has 0 aromatic rings. The van der Waals surface area contributed by atoms with Crippen LogP contribution in [0.4, 0.5) is 0 Å². The summed E-state index contributed by atoms with van der Waals surface area (Å²) < 4.78 is 0. The van der Waals surface area contributed by atoms with Gasteiger partial charge >= 0.3 is 17.9 Å². The van der Waals surface area contributed by atoms with E-state index in [1.807, 2.05) is 5.32 Å². The normalized spacial score (nSPS) is 15.6. The molecule has 30 heavy (non-hydrogen) atoms. The Labute approximate surface area is 170 Å². The fourth-order valence-electron chi connectivity index (χ4n) is 2.07. The predicted molar refractivity (Wildman–Crippen MR) is 97.9 cm³/mol. The van der Waals surface area contributed by atoms with Gasteiger partial charge in [0.05, 0.1) is 12.5 Å². The summed E-state index contributed by atoms with van der Waals surface area (Å²) in [5.74, 6) is -7.33. The molecule has 0 aromatic carbocycles. The minimum Gasteiger partial charge on any atom is -0.481 e. The van der Waals surface area contributed by atoms with Crippen molar-refractivity contribution in [1.82, 2.24) is 16.0 Å². The Balaban J connectivity index is 5.16. The van der Waals surface area contributed by atoms with Crippen molar-refractivity contribution in [3.63, 3.8) is 0 Å². The summed E-state index contributed by atoms with van der Waals surface area (Å²) in [6.07, 6.45) is -3.14. The van der Waals surface area contributed by atoms with Crippen LogP contribution in [0.3, 0.4) is 0 Å². The monoisotopic (exact) mass is 434 g/mol. The molecule has 0 aliphatic carbocycles. The van der Waals surface area contributed by atoms with E-state index in [2.05, 4.69) is 10.6 Å². The van der Waals surface area contributed by atoms with E-state index < -0.39 is 85.2 Å². The number of nitrogens with two attached hydrogens (primary N) is 1. The van der Waals surface area contributed by atoms with E-state index in [-0.39, 0.29) is 0 Å². The Morgan fingerprint density at radius 2 is 1.33 bits per heavy atom. The lowest BCUT2D eigenvalue weighted by Crippen LogP contribution is -2.57. The minimum atomic E-state index is -1.70. The van der Waals surface area contributed by atoms with E-state index >= 15 is 0 Å². The molecule has 0 radical (unpaired) electrons. The van der Waals surface area contributed by atoms with Gasteiger partial charge in [-0.05, 0) is 20.3 Å². The number of carbonyl (C=O) groups is 6. The van der Waals surface area contributed by atoms with Gasteiger partial charge in [-0.25, -0.2) is 4.79 Å². The topological polar surface area (TPSA) is 245 Å². The molecule has 3 amide bonds. The van der Waals surface area contributed by atoms with Crippen LogP contribution in [0.1, 0.15) is 33.1 Å². The number of amides is 3. The fraction of sp³-hybridized carbons (Fsp3) is 0.625. The van der Waals surface area contributed by atoms with Crippen molar-refractivity contribution in [3.8, 4) is 0 Å². The van der Waals surface area contributed by atoms with E-state index in [0.29, 0.717) is 0 Å². The van der Waals surface area contributed by atoms with Crippen molar-refractivity contribution in [2.45, 2.75) is 63.4 Å². The first kappa shape index (κ1) is 26.7. The first-order valence-electron chi connectivity index (χ1n) is 8.77. The molecule has 0 aliphatic heterocycles. The highest BCUT2D eigenvalue weighted by molar-refractivity contribution is 5.95. The lowest BCUT2D eigenvalue weighted by molar-refractivity contribution is -0.144. The van der Waals surface area contributed by atoms with Gasteiger partial charge in [-0.15, -0.1) is 0 Å². The number of carboxylic acid groups (broad SMARTS) is 3. The average molecular weight is 434 g/mol. The Hall–Kier alpha value is -3.26. The van der Waals surface area contributed by atoms with E-state index in [9.17, 15) is 33.9 Å². The van der Waals surface area contributed by atoms with Gasteiger partial charge in [0.25, 0.3) is 0 Å². The zero-order chi connectivity index (χ0) is 23.6. The van der Waals surface area contributed by atoms with Crippen LogP contribution in [0.2, 0.25) is 0 Å². The van der Waals surface area contributed by atoms with Crippen LogP contribution < -0.4 is 21.7 Å². The van der Waals surface area contributed by atoms with Gasteiger partial charge in [0.15, 0.2) is 0 Å². The molecule has 170 valence electrons. The standard InChI is InChI=1S/C16H26N4O10/c1-6(18-15(28)12(17)7(2)21)13(26)20-9(5-11(24)25)14(27)19-8(16(29)30)3-4-10(22)23/h6-9,12,21H,3-5,17H2,1-2H3,(H,18,28)(H,19,27)(H,20,26)(H,22,23)(H,24,25)(H,29,30). The maximum Gasteiger partial charge on any atom is 0.326 e. The Bertz CT molecular complexity index is 681. The summed E-state index contributed by atoms with van der Waals surface area (Å²) in [6, 6.07) is -5.92. The second-order valence-electron chi connectivity index (χ2n) is 6.49. The Kier molecular flexibility index (Phi) is 11.0. The zero-order valence-corrected chi connectivity index (χ0v) is 16.3. The smallest absolute Gasteiger partial charge is 0.326 e. The molecule has 0 heterocycles. The molecular weight excluding hydrogens is 408 g/mol. The van der Waals surface area contributed by atoms with E-state index in [1.54, 1.807) is 0 Å². The molecule has 0 rings (SSSR count). The van der Waals surface area contributed by atoms with Gasteiger partial charge in [0.2, 0.25) is 17.7 Å². The van der Waals surface area contributed by atoms with Gasteiger partial charge in [0.1, 0.15) is 24.2 Å². The van der Waals surface area contributed by atoms with Crippen molar-refractivity contribution in [2.24, 2.45) is 5.73 Å². The molecule has 0 spiro atoms. The minimum absolute atomic E-state index is 0.464. The lowest BCUT2D eigenvalue weighted by Gasteiger charge is -2.23. The fourth-order valence-corrected chi connectivity index (χ4v) is 2.07. The molecule has 9 N–H and O–H groups in total. The third-order valence-electron chi connectivity index (χ3n) is 3.85. The molecule has 0 saturated heterocycles. The van der Waals surface area contributed by atoms with Crippen molar-refractivity contribution >= 4 is 35.6 Å². The van der Waals surface area contributed by atoms with Crippen LogP contribution in [0.25, 0.3) is 0 Å². The van der Waals surface area contributed by atoms with Gasteiger partial charge in [-0.1, -0.05) is 0 Å². The lowest BCUT2D eigenvalue weighted by atomic mass is 10.1. The van der Waals surface area contributed by atoms with Crippen LogP contribution in [-0.4, -0.2) is 86.3 Å². The van der Waals surface area contributed by atoms with E-state index in [0.717, 1.165) is 0 Å². The van der Waals surface area contributed by atoms with Crippen molar-refractivity contribution in [3.05, 3.63) is 0 Å². The number of hydrogen-bond acceptors (Lipinski definition) is 8. The largest absolute Gasteiger partial charge is 0.481 e. The van der Waals surface area contributed by atoms with Crippen molar-refractivity contribution in [2.75, 3.05) is 0 Å². The summed E-state index contributed by atoms with van der Waals surface area (Å²) in [7, 11) is 0. The van der Waals surface area contributed by atoms with Gasteiger partial charge in [-0.3, -0.25) is 24.0 Å². The number of rotatable bonds is 13. The predicted octanol–water partition coefficient (Wildman–Crippen LogP) is -3.41. The van der Waals surface area contributed by atoms with Gasteiger partial charge in [-0.2, -0.15) is 0 Å². The molecule has 5 atom stereocenters. The number of aliphatic hydroxyl groups is 1. The molecule has 0 bridgehead atoms. The van der Waals surface area contributed by atoms with Crippen LogP contribution in [0.15, 0.2) is 0 Å². The molecule has 0 saturated carbocycles. The summed E-state index contributed by atoms with van der Waals surface area (Å²) in [5, 5.41) is 42.1. The first-order valence-corrected chi connectivity index (χ1v) is 8.77. The number of carbonyl (C=O) groups excluding carboxylic acids is 3. The Morgan fingerprint density at radius 1 is 0.800 bits per heavy atom. The SMILES string of the molecule is CC(NC(=O)C(N)C(C)O)C(=O)NC(CC(=O)O)C(=O)NC(CCC(=O)O)C(=O)O. The molecule has 0 aliphatic rings. The highest BCUT2D eigenvalue weighted by atomic mass is 16.4. The van der Waals surface area contributed by atoms with E-state index in [1.165, 1.54) is 13.8 Å². The summed E-state index contributed by atoms with van der Waals surface area (Å²) in [4.78, 5) is 69.0. The second kappa shape index (κ2) is 12.3. The van der Waals surface area contributed by atoms with Crippen LogP contribution in [0, 0.1) is 0 Å². The highest BCUT2D eigenvalue weighted by Crippen LogP contribution is 2.02. The van der Waals surface area contributed by atoms with Crippen LogP contribution >= 0.6 is 0 Å². The first-order chi connectivity index (χ1) is 13.8. The number of aliphatic hydroxyl groups excluding tert-OH is 1. The second-order valence-corrected chi connectivity index (χ2v) is 6.49. The molecule has 0 aromatic heterocycles. The summed E-state index contributed by atoms with van der Waals surface area (Å²) in [5.41, 5.74) is 5.42. The molecule has 14 nitrogen and oxygen atoms in total. The van der Waals surface area contributed by atoms with Gasteiger partial charge in [0, 0.05) is 6.42 Å². The number of carboxylic acids is 3.